The van der Waals surface area contributed by atoms with Crippen LogP contribution in [0.5, 0.6) is 0 Å². The lowest BCUT2D eigenvalue weighted by atomic mass is 10.2. The molecule has 0 saturated heterocycles. The molecule has 0 unspecified atom stereocenters. The first-order valence-electron chi connectivity index (χ1n) is 6.95. The highest BCUT2D eigenvalue weighted by atomic mass is 32.2. The maximum Gasteiger partial charge on any atom is 0.269 e. The number of amides is 2. The van der Waals surface area contributed by atoms with Crippen LogP contribution in [0.3, 0.4) is 0 Å². The number of para-hydroxylation sites is 1. The van der Waals surface area contributed by atoms with Gasteiger partial charge in [0.2, 0.25) is 5.91 Å². The molecule has 0 aliphatic carbocycles. The molecule has 5 nitrogen and oxygen atoms in total. The Morgan fingerprint density at radius 3 is 2.58 bits per heavy atom. The molecule has 1 heterocycles. The number of nitrogens with zero attached hydrogens (tertiary/aromatic N) is 1. The van der Waals surface area contributed by atoms with Gasteiger partial charge in [0.15, 0.2) is 4.34 Å². The molecule has 3 aromatic rings. The van der Waals surface area contributed by atoms with Crippen molar-refractivity contribution < 1.29 is 14.0 Å². The van der Waals surface area contributed by atoms with Crippen LogP contribution in [0.1, 0.15) is 10.4 Å². The molecule has 2 N–H and O–H groups in total. The van der Waals surface area contributed by atoms with Crippen LogP contribution >= 0.6 is 23.1 Å². The molecule has 24 heavy (non-hydrogen) atoms. The first-order valence-corrected chi connectivity index (χ1v) is 8.75. The minimum absolute atomic E-state index is 0.128. The highest BCUT2D eigenvalue weighted by molar-refractivity contribution is 8.01. The number of fused-ring (bicyclic) bond motifs is 1. The van der Waals surface area contributed by atoms with Crippen molar-refractivity contribution in [2.45, 2.75) is 4.34 Å². The van der Waals surface area contributed by atoms with Gasteiger partial charge in [-0.2, -0.15) is 0 Å². The number of hydrazine groups is 1. The maximum absolute atomic E-state index is 12.8. The summed E-state index contributed by atoms with van der Waals surface area (Å²) in [6, 6.07) is 12.8. The van der Waals surface area contributed by atoms with Crippen molar-refractivity contribution in [3.63, 3.8) is 0 Å². The summed E-state index contributed by atoms with van der Waals surface area (Å²) in [4.78, 5) is 28.0. The highest BCUT2D eigenvalue weighted by Crippen LogP contribution is 2.28. The van der Waals surface area contributed by atoms with Gasteiger partial charge in [-0.15, -0.1) is 11.3 Å². The Hall–Kier alpha value is -2.45. The fraction of sp³-hybridized carbons (Fsp3) is 0.0625. The van der Waals surface area contributed by atoms with E-state index in [9.17, 15) is 14.0 Å². The lowest BCUT2D eigenvalue weighted by molar-refractivity contribution is -0.119. The summed E-state index contributed by atoms with van der Waals surface area (Å²) in [6.45, 7) is 0. The lowest BCUT2D eigenvalue weighted by Crippen LogP contribution is -2.42. The third-order valence-corrected chi connectivity index (χ3v) is 5.20. The molecular formula is C16H12FN3O2S2. The van der Waals surface area contributed by atoms with E-state index < -0.39 is 11.7 Å². The normalized spacial score (nSPS) is 10.5. The Bertz CT molecular complexity index is 847. The number of halogens is 1. The quantitative estimate of drug-likeness (QED) is 0.554. The summed E-state index contributed by atoms with van der Waals surface area (Å²) in [5, 5.41) is 0. The molecular weight excluding hydrogens is 349 g/mol. The second kappa shape index (κ2) is 7.41. The number of nitrogens with one attached hydrogen (secondary N) is 2. The van der Waals surface area contributed by atoms with E-state index in [1.54, 1.807) is 0 Å². The number of thioether (sulfide) groups is 1. The van der Waals surface area contributed by atoms with Crippen molar-refractivity contribution in [3.05, 3.63) is 59.9 Å². The van der Waals surface area contributed by atoms with Crippen LogP contribution in [-0.2, 0) is 4.79 Å². The Morgan fingerprint density at radius 1 is 1.08 bits per heavy atom. The molecule has 0 atom stereocenters. The van der Waals surface area contributed by atoms with Crippen LogP contribution in [0.25, 0.3) is 10.2 Å². The zero-order valence-electron chi connectivity index (χ0n) is 12.3. The lowest BCUT2D eigenvalue weighted by Gasteiger charge is -2.06. The Balaban J connectivity index is 1.48. The largest absolute Gasteiger partial charge is 0.272 e. The number of aromatic nitrogens is 1. The van der Waals surface area contributed by atoms with E-state index in [1.807, 2.05) is 24.3 Å². The topological polar surface area (TPSA) is 71.1 Å². The Kier molecular flexibility index (Phi) is 5.07. The van der Waals surface area contributed by atoms with Gasteiger partial charge in [-0.3, -0.25) is 20.4 Å². The average molecular weight is 361 g/mol. The summed E-state index contributed by atoms with van der Waals surface area (Å²) in [5.74, 6) is -1.16. The van der Waals surface area contributed by atoms with Gasteiger partial charge in [-0.05, 0) is 36.4 Å². The number of hydrogen-bond donors (Lipinski definition) is 2. The molecule has 0 aliphatic rings. The van der Waals surface area contributed by atoms with Gasteiger partial charge >= 0.3 is 0 Å². The van der Waals surface area contributed by atoms with Crippen LogP contribution in [0.15, 0.2) is 52.9 Å². The van der Waals surface area contributed by atoms with Gasteiger partial charge in [0.05, 0.1) is 16.0 Å². The van der Waals surface area contributed by atoms with Crippen LogP contribution in [-0.4, -0.2) is 22.6 Å². The highest BCUT2D eigenvalue weighted by Gasteiger charge is 2.10. The minimum atomic E-state index is -0.506. The summed E-state index contributed by atoms with van der Waals surface area (Å²) in [6.07, 6.45) is 0. The molecule has 0 aliphatic heterocycles. The number of rotatable bonds is 4. The van der Waals surface area contributed by atoms with Gasteiger partial charge in [0, 0.05) is 5.56 Å². The Labute approximate surface area is 145 Å². The summed E-state index contributed by atoms with van der Waals surface area (Å²) in [7, 11) is 0. The fourth-order valence-corrected chi connectivity index (χ4v) is 3.74. The monoisotopic (exact) mass is 361 g/mol. The van der Waals surface area contributed by atoms with Crippen molar-refractivity contribution in [2.75, 3.05) is 5.75 Å². The van der Waals surface area contributed by atoms with Crippen molar-refractivity contribution in [2.24, 2.45) is 0 Å². The van der Waals surface area contributed by atoms with Crippen molar-refractivity contribution in [3.8, 4) is 0 Å². The molecule has 0 spiro atoms. The molecule has 1 aromatic heterocycles. The number of benzene rings is 2. The van der Waals surface area contributed by atoms with E-state index >= 15 is 0 Å². The predicted octanol–water partition coefficient (Wildman–Crippen LogP) is 2.99. The van der Waals surface area contributed by atoms with Gasteiger partial charge in [0.1, 0.15) is 5.82 Å². The maximum atomic E-state index is 12.8. The van der Waals surface area contributed by atoms with Crippen LogP contribution in [0.4, 0.5) is 4.39 Å². The molecule has 0 radical (unpaired) electrons. The first kappa shape index (κ1) is 16.4. The van der Waals surface area contributed by atoms with E-state index in [4.69, 9.17) is 0 Å². The molecule has 8 heteroatoms. The third-order valence-electron chi connectivity index (χ3n) is 3.02. The van der Waals surface area contributed by atoms with Gasteiger partial charge < -0.3 is 0 Å². The standard InChI is InChI=1S/C16H12FN3O2S2/c17-11-7-5-10(6-8-11)15(22)20-19-14(21)9-23-16-18-12-3-1-2-4-13(12)24-16/h1-8H,9H2,(H,19,21)(H,20,22). The molecule has 0 bridgehead atoms. The van der Waals surface area contributed by atoms with E-state index in [2.05, 4.69) is 15.8 Å². The van der Waals surface area contributed by atoms with Crippen LogP contribution in [0, 0.1) is 5.82 Å². The van der Waals surface area contributed by atoms with Crippen molar-refractivity contribution in [1.29, 1.82) is 0 Å². The predicted molar refractivity (Wildman–Crippen MR) is 92.4 cm³/mol. The zero-order valence-corrected chi connectivity index (χ0v) is 13.9. The van der Waals surface area contributed by atoms with E-state index in [0.717, 1.165) is 14.6 Å². The third kappa shape index (κ3) is 4.09. The number of carbonyl (C=O) groups excluding carboxylic acids is 2. The summed E-state index contributed by atoms with van der Waals surface area (Å²) >= 11 is 2.81. The number of thiazole rings is 1. The number of hydrogen-bond acceptors (Lipinski definition) is 5. The van der Waals surface area contributed by atoms with Crippen molar-refractivity contribution in [1.82, 2.24) is 15.8 Å². The second-order valence-electron chi connectivity index (χ2n) is 4.75. The molecule has 2 amide bonds. The van der Waals surface area contributed by atoms with E-state index in [-0.39, 0.29) is 17.2 Å². The first-order chi connectivity index (χ1) is 11.6. The summed E-state index contributed by atoms with van der Waals surface area (Å²) < 4.78 is 14.6. The number of carbonyl (C=O) groups is 2. The Morgan fingerprint density at radius 2 is 1.83 bits per heavy atom. The molecule has 3 rings (SSSR count). The smallest absolute Gasteiger partial charge is 0.269 e. The average Bonchev–Trinajstić information content (AvgIpc) is 3.01. The molecule has 2 aromatic carbocycles. The van der Waals surface area contributed by atoms with Crippen LogP contribution in [0.2, 0.25) is 0 Å². The van der Waals surface area contributed by atoms with E-state index in [1.165, 1.54) is 47.4 Å². The van der Waals surface area contributed by atoms with Crippen LogP contribution < -0.4 is 10.9 Å². The fourth-order valence-electron chi connectivity index (χ4n) is 1.88. The zero-order chi connectivity index (χ0) is 16.9. The van der Waals surface area contributed by atoms with Gasteiger partial charge in [-0.25, -0.2) is 9.37 Å². The molecule has 122 valence electrons. The minimum Gasteiger partial charge on any atom is -0.272 e. The second-order valence-corrected chi connectivity index (χ2v) is 7.00. The van der Waals surface area contributed by atoms with Crippen molar-refractivity contribution >= 4 is 45.1 Å². The van der Waals surface area contributed by atoms with Gasteiger partial charge in [0.25, 0.3) is 5.91 Å². The molecule has 0 saturated carbocycles. The van der Waals surface area contributed by atoms with Gasteiger partial charge in [-0.1, -0.05) is 23.9 Å². The summed E-state index contributed by atoms with van der Waals surface area (Å²) in [5.41, 5.74) is 5.77. The SMILES string of the molecule is O=C(CSc1nc2ccccc2s1)NNC(=O)c1ccc(F)cc1. The molecule has 0 fully saturated rings. The van der Waals surface area contributed by atoms with E-state index in [0.29, 0.717) is 0 Å².